The summed E-state index contributed by atoms with van der Waals surface area (Å²) in [6, 6.07) is 10.9. The van der Waals surface area contributed by atoms with Crippen LogP contribution in [0.2, 0.25) is 0 Å². The number of nitrogens with one attached hydrogen (secondary N) is 4. The van der Waals surface area contributed by atoms with E-state index in [1.165, 1.54) is 26.2 Å². The molecule has 0 radical (unpaired) electrons. The molecule has 1 heterocycles. The molecule has 2 unspecified atom stereocenters. The van der Waals surface area contributed by atoms with E-state index < -0.39 is 90.3 Å². The fraction of sp³-hybridized carbons (Fsp3) is 0.667. The SMILES string of the molecule is CC[C@H](C)[C@@H]([C@@H](CC(=O)N1CCC[C@H]1[C@H](OC)[C@@H](C)C(=O)N[C@H](C)[C@@H](O)c1ccccc1)OC)N(C)C(=O)[C@@H](NC(=O)[C@H](C(C)C)N(C)C(=O)OCc1ccc(CC(=O)C(CCCNC(N)=O)NC(=O)C(C)C(C)C)cc1)C(C)C. The van der Waals surface area contributed by atoms with Crippen LogP contribution >= 0.6 is 0 Å². The van der Waals surface area contributed by atoms with Crippen LogP contribution in [0.1, 0.15) is 137 Å². The standard InChI is InChI=1S/C60H96N8O12/c1-16-38(8)52(48(78-14)33-49(70)68-31-21-25-46(68)54(79-15)40(10)56(73)63-41(11)53(71)44-22-18-17-19-23-44)66(12)58(75)50(36(4)5)65-57(74)51(37(6)7)67(13)60(77)80-34-43-28-26-42(27-29-43)32-47(69)45(24-20-30-62-59(61)76)64-55(72)39(9)35(2)3/h17-19,22-23,26-29,35-41,45-46,48,50-54,71H,16,20-21,24-25,30-34H2,1-15H3,(H,63,73)(H,64,72)(H,65,74)(H3,61,62,76)/t38-,39?,40+,41+,45?,46-,48+,50-,51-,52-,53+,54+/m0/s1. The Morgan fingerprint density at radius 2 is 1.36 bits per heavy atom. The highest BCUT2D eigenvalue weighted by atomic mass is 16.6. The molecule has 20 nitrogen and oxygen atoms in total. The van der Waals surface area contributed by atoms with Crippen molar-refractivity contribution in [2.24, 2.45) is 41.2 Å². The van der Waals surface area contributed by atoms with Crippen molar-refractivity contribution < 1.29 is 57.7 Å². The summed E-state index contributed by atoms with van der Waals surface area (Å²) in [4.78, 5) is 113. The molecule has 1 aliphatic heterocycles. The number of aliphatic hydroxyl groups excluding tert-OH is 1. The van der Waals surface area contributed by atoms with E-state index in [9.17, 15) is 43.5 Å². The second kappa shape index (κ2) is 33.0. The first-order chi connectivity index (χ1) is 37.7. The lowest BCUT2D eigenvalue weighted by Crippen LogP contribution is -2.60. The molecule has 12 atom stereocenters. The minimum atomic E-state index is -1.03. The number of amides is 8. The molecule has 20 heteroatoms. The Bertz CT molecular complexity index is 2320. The summed E-state index contributed by atoms with van der Waals surface area (Å²) in [5, 5.41) is 22.2. The molecule has 0 aliphatic carbocycles. The maximum atomic E-state index is 14.7. The number of ether oxygens (including phenoxy) is 3. The first-order valence-corrected chi connectivity index (χ1v) is 28.5. The molecule has 1 aliphatic rings. The van der Waals surface area contributed by atoms with Gasteiger partial charge in [0, 0.05) is 53.7 Å². The number of rotatable bonds is 32. The number of hydrogen-bond acceptors (Lipinski definition) is 12. The third kappa shape index (κ3) is 19.6. The van der Waals surface area contributed by atoms with E-state index in [0.29, 0.717) is 55.3 Å². The summed E-state index contributed by atoms with van der Waals surface area (Å²) in [7, 11) is 6.16. The van der Waals surface area contributed by atoms with Gasteiger partial charge in [0.1, 0.15) is 18.7 Å². The van der Waals surface area contributed by atoms with Crippen molar-refractivity contribution in [3.63, 3.8) is 0 Å². The first kappa shape index (κ1) is 68.2. The van der Waals surface area contributed by atoms with Gasteiger partial charge in [-0.25, -0.2) is 9.59 Å². The smallest absolute Gasteiger partial charge is 0.410 e. The first-order valence-electron chi connectivity index (χ1n) is 28.5. The highest BCUT2D eigenvalue weighted by molar-refractivity contribution is 5.92. The lowest BCUT2D eigenvalue weighted by Gasteiger charge is -2.41. The zero-order chi connectivity index (χ0) is 60.1. The van der Waals surface area contributed by atoms with Gasteiger partial charge in [-0.05, 0) is 73.0 Å². The number of urea groups is 1. The van der Waals surface area contributed by atoms with E-state index in [2.05, 4.69) is 21.3 Å². The second-order valence-electron chi connectivity index (χ2n) is 22.8. The zero-order valence-corrected chi connectivity index (χ0v) is 50.3. The third-order valence-corrected chi connectivity index (χ3v) is 15.9. The van der Waals surface area contributed by atoms with Crippen LogP contribution < -0.4 is 27.0 Å². The van der Waals surface area contributed by atoms with E-state index in [-0.39, 0.29) is 73.2 Å². The van der Waals surface area contributed by atoms with Crippen molar-refractivity contribution in [2.45, 2.75) is 182 Å². The van der Waals surface area contributed by atoms with Gasteiger partial charge in [0.15, 0.2) is 5.78 Å². The maximum absolute atomic E-state index is 14.7. The molecule has 0 aromatic heterocycles. The van der Waals surface area contributed by atoms with Gasteiger partial charge in [-0.15, -0.1) is 0 Å². The van der Waals surface area contributed by atoms with E-state index in [1.54, 1.807) is 87.9 Å². The highest BCUT2D eigenvalue weighted by Crippen LogP contribution is 2.30. The lowest BCUT2D eigenvalue weighted by molar-refractivity contribution is -0.148. The fourth-order valence-electron chi connectivity index (χ4n) is 10.5. The van der Waals surface area contributed by atoms with Gasteiger partial charge in [-0.2, -0.15) is 0 Å². The van der Waals surface area contributed by atoms with E-state index in [4.69, 9.17) is 19.9 Å². The van der Waals surface area contributed by atoms with Crippen LogP contribution in [0, 0.1) is 35.5 Å². The Morgan fingerprint density at radius 1 is 0.750 bits per heavy atom. The molecule has 0 spiro atoms. The number of ketones is 1. The zero-order valence-electron chi connectivity index (χ0n) is 50.3. The van der Waals surface area contributed by atoms with Gasteiger partial charge >= 0.3 is 12.1 Å². The van der Waals surface area contributed by atoms with Gasteiger partial charge in [0.05, 0.1) is 54.8 Å². The van der Waals surface area contributed by atoms with Crippen molar-refractivity contribution in [3.8, 4) is 0 Å². The molecule has 3 rings (SSSR count). The number of nitrogens with two attached hydrogens (primary N) is 1. The minimum Gasteiger partial charge on any atom is -0.445 e. The number of carbonyl (C=O) groups is 8. The molecular formula is C60H96N8O12. The van der Waals surface area contributed by atoms with Gasteiger partial charge in [0.25, 0.3) is 0 Å². The van der Waals surface area contributed by atoms with Crippen molar-refractivity contribution in [3.05, 3.63) is 71.3 Å². The molecule has 8 amide bonds. The Labute approximate surface area is 475 Å². The average molecular weight is 1120 g/mol. The molecule has 1 fully saturated rings. The summed E-state index contributed by atoms with van der Waals surface area (Å²) in [5.41, 5.74) is 7.18. The topological polar surface area (TPSA) is 268 Å². The highest BCUT2D eigenvalue weighted by Gasteiger charge is 2.44. The Balaban J connectivity index is 1.70. The van der Waals surface area contributed by atoms with Crippen LogP contribution in [0.4, 0.5) is 9.59 Å². The van der Waals surface area contributed by atoms with Crippen LogP contribution in [0.5, 0.6) is 0 Å². The fourth-order valence-corrected chi connectivity index (χ4v) is 10.5. The number of aliphatic hydroxyl groups is 1. The molecule has 0 bridgehead atoms. The molecule has 0 saturated carbocycles. The van der Waals surface area contributed by atoms with Gasteiger partial charge in [0.2, 0.25) is 29.5 Å². The second-order valence-corrected chi connectivity index (χ2v) is 22.8. The predicted octanol–water partition coefficient (Wildman–Crippen LogP) is 5.92. The molecule has 1 saturated heterocycles. The number of likely N-dealkylation sites (tertiary alicyclic amines) is 1. The number of primary amides is 1. The number of methoxy groups -OCH3 is 2. The largest absolute Gasteiger partial charge is 0.445 e. The quantitative estimate of drug-likeness (QED) is 0.0467. The summed E-state index contributed by atoms with van der Waals surface area (Å²) in [6.07, 6.45) is -0.444. The van der Waals surface area contributed by atoms with Crippen LogP contribution in [-0.2, 0) is 56.0 Å². The number of Topliss-reactive ketones (excluding diaryl/α,β-unsaturated/α-hetero) is 1. The summed E-state index contributed by atoms with van der Waals surface area (Å²) >= 11 is 0. The molecule has 2 aromatic carbocycles. The van der Waals surface area contributed by atoms with Gasteiger partial charge in [-0.3, -0.25) is 33.7 Å². The van der Waals surface area contributed by atoms with Crippen molar-refractivity contribution >= 4 is 47.4 Å². The van der Waals surface area contributed by atoms with Crippen LogP contribution in [0.15, 0.2) is 54.6 Å². The van der Waals surface area contributed by atoms with Gasteiger partial charge in [-0.1, -0.05) is 130 Å². The van der Waals surface area contributed by atoms with Crippen molar-refractivity contribution in [1.29, 1.82) is 0 Å². The van der Waals surface area contributed by atoms with Crippen LogP contribution in [0.25, 0.3) is 0 Å². The third-order valence-electron chi connectivity index (χ3n) is 15.9. The predicted molar refractivity (Wildman–Crippen MR) is 306 cm³/mol. The molecule has 7 N–H and O–H groups in total. The maximum Gasteiger partial charge on any atom is 0.410 e. The van der Waals surface area contributed by atoms with Gasteiger partial charge < -0.3 is 56.1 Å². The number of likely N-dealkylation sites (N-methyl/N-ethyl adjacent to an activating group) is 2. The summed E-state index contributed by atoms with van der Waals surface area (Å²) in [6.45, 7) is 20.9. The number of hydrogen-bond donors (Lipinski definition) is 6. The number of nitrogens with zero attached hydrogens (tertiary/aromatic N) is 3. The molecular weight excluding hydrogens is 1020 g/mol. The Kier molecular flexibility index (Phi) is 28.1. The monoisotopic (exact) mass is 1120 g/mol. The van der Waals surface area contributed by atoms with Crippen molar-refractivity contribution in [1.82, 2.24) is 36.0 Å². The lowest BCUT2D eigenvalue weighted by atomic mass is 9.89. The number of carbonyl (C=O) groups excluding carboxylic acids is 8. The van der Waals surface area contributed by atoms with E-state index in [0.717, 1.165) is 0 Å². The van der Waals surface area contributed by atoms with Crippen LogP contribution in [-0.4, -0.2) is 157 Å². The Hall–Kier alpha value is -6.12. The van der Waals surface area contributed by atoms with Crippen molar-refractivity contribution in [2.75, 3.05) is 41.4 Å². The molecule has 80 heavy (non-hydrogen) atoms. The summed E-state index contributed by atoms with van der Waals surface area (Å²) < 4.78 is 17.7. The van der Waals surface area contributed by atoms with Crippen LogP contribution in [0.3, 0.4) is 0 Å². The summed E-state index contributed by atoms with van der Waals surface area (Å²) in [5.74, 6) is -3.75. The van der Waals surface area contributed by atoms with E-state index >= 15 is 0 Å². The molecule has 448 valence electrons. The average Bonchev–Trinajstić information content (AvgIpc) is 3.91. The number of benzene rings is 2. The Morgan fingerprint density at radius 3 is 1.91 bits per heavy atom. The normalized spacial score (nSPS) is 17.6. The molecule has 2 aromatic rings. The minimum absolute atomic E-state index is 0.0290. The van der Waals surface area contributed by atoms with E-state index in [1.807, 2.05) is 59.7 Å².